The average Bonchev–Trinajstić information content (AvgIpc) is 2.96. The number of anilines is 1. The lowest BCUT2D eigenvalue weighted by atomic mass is 9.62. The van der Waals surface area contributed by atoms with Crippen molar-refractivity contribution >= 4 is 29.3 Å². The van der Waals surface area contributed by atoms with Gasteiger partial charge < -0.3 is 19.9 Å². The summed E-state index contributed by atoms with van der Waals surface area (Å²) in [5.74, 6) is -2.52. The Labute approximate surface area is 191 Å². The van der Waals surface area contributed by atoms with Gasteiger partial charge in [-0.1, -0.05) is 32.0 Å². The lowest BCUT2D eigenvalue weighted by Crippen LogP contribution is -2.53. The Morgan fingerprint density at radius 2 is 1.88 bits per heavy atom. The predicted molar refractivity (Wildman–Crippen MR) is 116 cm³/mol. The monoisotopic (exact) mass is 454 g/mol. The number of methoxy groups -OCH3 is 1. The fourth-order valence-corrected chi connectivity index (χ4v) is 5.01. The minimum absolute atomic E-state index is 0.0281. The summed E-state index contributed by atoms with van der Waals surface area (Å²) >= 11 is 0. The van der Waals surface area contributed by atoms with Crippen molar-refractivity contribution in [1.29, 1.82) is 0 Å². The third-order valence-electron chi connectivity index (χ3n) is 6.22. The Kier molecular flexibility index (Phi) is 5.30. The minimum atomic E-state index is -1.87. The molecule has 0 fully saturated rings. The minimum Gasteiger partial charge on any atom is -0.468 e. The molecule has 9 nitrogen and oxygen atoms in total. The van der Waals surface area contributed by atoms with Crippen LogP contribution in [0.15, 0.2) is 47.1 Å². The number of nitrogens with zero attached hydrogens (tertiary/aromatic N) is 1. The molecule has 0 aromatic heterocycles. The van der Waals surface area contributed by atoms with Gasteiger partial charge in [0.05, 0.1) is 19.3 Å². The first-order chi connectivity index (χ1) is 15.6. The molecule has 1 aromatic carbocycles. The molecule has 0 bridgehead atoms. The number of ketones is 1. The Hall–Kier alpha value is -3.62. The maximum Gasteiger partial charge on any atom is 0.341 e. The quantitative estimate of drug-likeness (QED) is 0.684. The summed E-state index contributed by atoms with van der Waals surface area (Å²) in [5, 5.41) is 0. The standard InChI is InChI=1S/C24H26N2O7/c1-5-32-21(29)19-20(25)33-16-11-23(2,3)10-15(27)18(16)24(19)13-8-6-7-9-14(13)26(22(24)30)12-17(28)31-4/h6-9H,5,10-12,25H2,1-4H3/t24-/m1/s1. The van der Waals surface area contributed by atoms with E-state index in [1.165, 1.54) is 12.0 Å². The van der Waals surface area contributed by atoms with Crippen molar-refractivity contribution in [1.82, 2.24) is 0 Å². The van der Waals surface area contributed by atoms with Crippen LogP contribution in [-0.4, -0.2) is 43.9 Å². The molecule has 0 saturated carbocycles. The molecule has 3 aliphatic rings. The second-order valence-electron chi connectivity index (χ2n) is 9.04. The lowest BCUT2D eigenvalue weighted by molar-refractivity contribution is -0.141. The topological polar surface area (TPSA) is 125 Å². The molecule has 9 heteroatoms. The first-order valence-corrected chi connectivity index (χ1v) is 10.7. The van der Waals surface area contributed by atoms with E-state index in [0.717, 1.165) is 0 Å². The number of rotatable bonds is 4. The van der Waals surface area contributed by atoms with Crippen molar-refractivity contribution < 1.29 is 33.4 Å². The van der Waals surface area contributed by atoms with Gasteiger partial charge >= 0.3 is 11.9 Å². The smallest absolute Gasteiger partial charge is 0.341 e. The number of amides is 1. The summed E-state index contributed by atoms with van der Waals surface area (Å²) in [5.41, 5.74) is 4.53. The fraction of sp³-hybridized carbons (Fsp3) is 0.417. The molecule has 1 amide bonds. The number of hydrogen-bond donors (Lipinski definition) is 1. The van der Waals surface area contributed by atoms with Gasteiger partial charge in [-0.3, -0.25) is 19.3 Å². The van der Waals surface area contributed by atoms with Crippen LogP contribution in [0.1, 0.15) is 39.2 Å². The molecule has 1 aromatic rings. The van der Waals surface area contributed by atoms with Crippen LogP contribution in [0.5, 0.6) is 0 Å². The van der Waals surface area contributed by atoms with Gasteiger partial charge in [0.1, 0.15) is 23.3 Å². The predicted octanol–water partition coefficient (Wildman–Crippen LogP) is 1.85. The SMILES string of the molecule is CCOC(=O)C1=C(N)OC2=C(C(=O)CC(C)(C)C2)[C@@]12C(=O)N(CC(=O)OC)c1ccccc12. The number of carbonyl (C=O) groups is 4. The fourth-order valence-electron chi connectivity index (χ4n) is 5.01. The van der Waals surface area contributed by atoms with Crippen LogP contribution >= 0.6 is 0 Å². The normalized spacial score (nSPS) is 23.3. The van der Waals surface area contributed by atoms with E-state index in [1.807, 2.05) is 13.8 Å². The molecule has 0 saturated heterocycles. The highest BCUT2D eigenvalue weighted by Crippen LogP contribution is 2.57. The highest BCUT2D eigenvalue weighted by Gasteiger charge is 2.64. The van der Waals surface area contributed by atoms with Crippen LogP contribution in [0, 0.1) is 5.41 Å². The molecule has 174 valence electrons. The van der Waals surface area contributed by atoms with Gasteiger partial charge in [0.25, 0.3) is 0 Å². The zero-order valence-corrected chi connectivity index (χ0v) is 19.0. The van der Waals surface area contributed by atoms with Gasteiger partial charge in [-0.25, -0.2) is 4.79 Å². The number of benzene rings is 1. The number of esters is 2. The van der Waals surface area contributed by atoms with Gasteiger partial charge in [-0.2, -0.15) is 0 Å². The van der Waals surface area contributed by atoms with Crippen LogP contribution in [0.2, 0.25) is 0 Å². The molecule has 33 heavy (non-hydrogen) atoms. The van der Waals surface area contributed by atoms with E-state index >= 15 is 0 Å². The maximum atomic E-state index is 14.2. The van der Waals surface area contributed by atoms with Crippen LogP contribution in [0.4, 0.5) is 5.69 Å². The van der Waals surface area contributed by atoms with Crippen molar-refractivity contribution in [3.05, 3.63) is 52.6 Å². The highest BCUT2D eigenvalue weighted by atomic mass is 16.5. The number of Topliss-reactive ketones (excluding diaryl/α,β-unsaturated/α-hetero) is 1. The number of allylic oxidation sites excluding steroid dienone is 1. The van der Waals surface area contributed by atoms with Gasteiger partial charge in [-0.05, 0) is 18.4 Å². The number of para-hydroxylation sites is 1. The number of nitrogens with two attached hydrogens (primary N) is 1. The summed E-state index contributed by atoms with van der Waals surface area (Å²) in [7, 11) is 1.22. The molecule has 1 atom stereocenters. The van der Waals surface area contributed by atoms with Gasteiger partial charge in [-0.15, -0.1) is 0 Å². The van der Waals surface area contributed by atoms with Crippen LogP contribution in [-0.2, 0) is 38.8 Å². The van der Waals surface area contributed by atoms with Crippen molar-refractivity contribution in [2.45, 2.75) is 39.0 Å². The number of fused-ring (bicyclic) bond motifs is 3. The highest BCUT2D eigenvalue weighted by molar-refractivity contribution is 6.24. The number of ether oxygens (including phenoxy) is 3. The molecular weight excluding hydrogens is 428 g/mol. The lowest BCUT2D eigenvalue weighted by Gasteiger charge is -2.42. The summed E-state index contributed by atoms with van der Waals surface area (Å²) < 4.78 is 15.8. The number of carbonyl (C=O) groups excluding carboxylic acids is 4. The molecule has 4 rings (SSSR count). The molecule has 1 aliphatic carbocycles. The van der Waals surface area contributed by atoms with E-state index in [1.54, 1.807) is 31.2 Å². The second-order valence-corrected chi connectivity index (χ2v) is 9.04. The molecule has 0 unspecified atom stereocenters. The number of hydrogen-bond acceptors (Lipinski definition) is 8. The summed E-state index contributed by atoms with van der Waals surface area (Å²) in [6.45, 7) is 5.09. The molecule has 2 heterocycles. The summed E-state index contributed by atoms with van der Waals surface area (Å²) in [6, 6.07) is 6.70. The van der Waals surface area contributed by atoms with E-state index < -0.39 is 35.2 Å². The first-order valence-electron chi connectivity index (χ1n) is 10.7. The van der Waals surface area contributed by atoms with E-state index in [9.17, 15) is 19.2 Å². The molecule has 1 spiro atoms. The van der Waals surface area contributed by atoms with Crippen LogP contribution in [0.25, 0.3) is 0 Å². The largest absolute Gasteiger partial charge is 0.468 e. The Morgan fingerprint density at radius 3 is 2.55 bits per heavy atom. The Bertz CT molecular complexity index is 1150. The average molecular weight is 454 g/mol. The van der Waals surface area contributed by atoms with E-state index in [-0.39, 0.29) is 41.6 Å². The van der Waals surface area contributed by atoms with Crippen LogP contribution < -0.4 is 10.6 Å². The van der Waals surface area contributed by atoms with E-state index in [2.05, 4.69) is 0 Å². The van der Waals surface area contributed by atoms with Gasteiger partial charge in [0.2, 0.25) is 11.8 Å². The van der Waals surface area contributed by atoms with E-state index in [0.29, 0.717) is 17.7 Å². The van der Waals surface area contributed by atoms with Gasteiger partial charge in [0.15, 0.2) is 5.78 Å². The van der Waals surface area contributed by atoms with Crippen LogP contribution in [0.3, 0.4) is 0 Å². The van der Waals surface area contributed by atoms with Crippen molar-refractivity contribution in [3.8, 4) is 0 Å². The Balaban J connectivity index is 2.06. The molecule has 2 aliphatic heterocycles. The van der Waals surface area contributed by atoms with Crippen molar-refractivity contribution in [3.63, 3.8) is 0 Å². The van der Waals surface area contributed by atoms with Gasteiger partial charge in [0, 0.05) is 24.1 Å². The van der Waals surface area contributed by atoms with Crippen molar-refractivity contribution in [2.75, 3.05) is 25.2 Å². The first kappa shape index (κ1) is 22.6. The third kappa shape index (κ3) is 3.21. The second kappa shape index (κ2) is 7.75. The molecule has 2 N–H and O–H groups in total. The molecule has 0 radical (unpaired) electrons. The maximum absolute atomic E-state index is 14.2. The summed E-state index contributed by atoms with van der Waals surface area (Å²) in [4.78, 5) is 54.3. The zero-order valence-electron chi connectivity index (χ0n) is 19.0. The molecular formula is C24H26N2O7. The zero-order chi connectivity index (χ0) is 24.1. The van der Waals surface area contributed by atoms with Crippen molar-refractivity contribution in [2.24, 2.45) is 11.1 Å². The van der Waals surface area contributed by atoms with E-state index in [4.69, 9.17) is 19.9 Å². The summed E-state index contributed by atoms with van der Waals surface area (Å²) in [6.07, 6.45) is 0.498. The Morgan fingerprint density at radius 1 is 1.18 bits per heavy atom. The third-order valence-corrected chi connectivity index (χ3v) is 6.22.